The fourth-order valence-corrected chi connectivity index (χ4v) is 3.51. The van der Waals surface area contributed by atoms with Gasteiger partial charge in [-0.1, -0.05) is 29.3 Å². The third kappa shape index (κ3) is 5.13. The Hall–Kier alpha value is -3.16. The van der Waals surface area contributed by atoms with E-state index in [4.69, 9.17) is 32.4 Å². The van der Waals surface area contributed by atoms with Gasteiger partial charge in [-0.15, -0.1) is 0 Å². The van der Waals surface area contributed by atoms with Crippen molar-refractivity contribution in [2.24, 2.45) is 0 Å². The Morgan fingerprint density at radius 1 is 1.10 bits per heavy atom. The van der Waals surface area contributed by atoms with Crippen molar-refractivity contribution in [1.82, 2.24) is 0 Å². The maximum Gasteiger partial charge on any atom is 0.343 e. The van der Waals surface area contributed by atoms with Gasteiger partial charge >= 0.3 is 5.63 Å². The molecule has 3 N–H and O–H groups in total. The summed E-state index contributed by atoms with van der Waals surface area (Å²) in [4.78, 5) is 25.3. The van der Waals surface area contributed by atoms with E-state index < -0.39 is 17.5 Å². The third-order valence-corrected chi connectivity index (χ3v) is 5.38. The number of rotatable bonds is 6. The van der Waals surface area contributed by atoms with Crippen LogP contribution in [0.4, 0.5) is 5.69 Å². The number of hydrogen-bond donors (Lipinski definition) is 3. The number of carbonyl (C=O) groups is 1. The van der Waals surface area contributed by atoms with Crippen LogP contribution in [0.1, 0.15) is 29.2 Å². The number of halogens is 2. The quantitative estimate of drug-likeness (QED) is 0.482. The van der Waals surface area contributed by atoms with Crippen LogP contribution in [-0.4, -0.2) is 23.2 Å². The van der Waals surface area contributed by atoms with Crippen molar-refractivity contribution in [2.75, 3.05) is 12.4 Å². The number of benzene rings is 2. The summed E-state index contributed by atoms with van der Waals surface area (Å²) in [5.41, 5.74) is -0.0514. The van der Waals surface area contributed by atoms with Gasteiger partial charge < -0.3 is 24.7 Å². The van der Waals surface area contributed by atoms with E-state index in [9.17, 15) is 19.8 Å². The molecule has 0 radical (unpaired) electrons. The van der Waals surface area contributed by atoms with Crippen molar-refractivity contribution < 1.29 is 24.2 Å². The number of phenols is 1. The monoisotopic (exact) mass is 463 g/mol. The van der Waals surface area contributed by atoms with E-state index >= 15 is 0 Å². The minimum Gasteiger partial charge on any atom is -0.507 e. The number of aryl methyl sites for hydroxylation is 1. The minimum atomic E-state index is -0.906. The lowest BCUT2D eigenvalue weighted by molar-refractivity contribution is -0.116. The molecule has 0 aliphatic rings. The van der Waals surface area contributed by atoms with E-state index in [0.717, 1.165) is 0 Å². The predicted octanol–water partition coefficient (Wildman–Crippen LogP) is 4.84. The zero-order valence-electron chi connectivity index (χ0n) is 16.6. The van der Waals surface area contributed by atoms with Gasteiger partial charge in [-0.05, 0) is 42.8 Å². The average molecular weight is 464 g/mol. The number of carbonyl (C=O) groups excluding carboxylic acids is 1. The van der Waals surface area contributed by atoms with Gasteiger partial charge in [-0.2, -0.15) is 0 Å². The molecule has 3 rings (SSSR count). The zero-order chi connectivity index (χ0) is 22.7. The van der Waals surface area contributed by atoms with Crippen molar-refractivity contribution >= 4 is 34.8 Å². The second-order valence-corrected chi connectivity index (χ2v) is 7.62. The number of phenolic OH excluding ortho intramolecular Hbond substituents is 1. The van der Waals surface area contributed by atoms with Gasteiger partial charge in [0.25, 0.3) is 0 Å². The van der Waals surface area contributed by atoms with Crippen molar-refractivity contribution in [1.29, 1.82) is 0 Å². The van der Waals surface area contributed by atoms with Crippen LogP contribution >= 0.6 is 23.2 Å². The zero-order valence-corrected chi connectivity index (χ0v) is 18.1. The van der Waals surface area contributed by atoms with Crippen LogP contribution < -0.4 is 15.7 Å². The molecular formula is C22H19Cl2NO6. The Labute approximate surface area is 187 Å². The van der Waals surface area contributed by atoms with Gasteiger partial charge in [0.2, 0.25) is 5.91 Å². The number of amides is 1. The summed E-state index contributed by atoms with van der Waals surface area (Å²) in [6.07, 6.45) is -0.229. The van der Waals surface area contributed by atoms with Gasteiger partial charge in [-0.3, -0.25) is 4.79 Å². The van der Waals surface area contributed by atoms with Crippen LogP contribution in [0.5, 0.6) is 17.2 Å². The van der Waals surface area contributed by atoms with E-state index in [1.807, 2.05) is 0 Å². The summed E-state index contributed by atoms with van der Waals surface area (Å²) in [6, 6.07) is 10.4. The summed E-state index contributed by atoms with van der Waals surface area (Å²) in [5, 5.41) is 23.9. The number of ether oxygens (including phenoxy) is 1. The first-order valence-electron chi connectivity index (χ1n) is 9.15. The summed E-state index contributed by atoms with van der Waals surface area (Å²) < 4.78 is 10.2. The average Bonchev–Trinajstić information content (AvgIpc) is 2.69. The topological polar surface area (TPSA) is 109 Å². The Kier molecular flexibility index (Phi) is 6.77. The highest BCUT2D eigenvalue weighted by atomic mass is 35.5. The molecule has 0 aliphatic heterocycles. The first-order chi connectivity index (χ1) is 14.7. The van der Waals surface area contributed by atoms with Crippen LogP contribution in [0, 0.1) is 6.92 Å². The Morgan fingerprint density at radius 2 is 1.84 bits per heavy atom. The summed E-state index contributed by atoms with van der Waals surface area (Å²) in [7, 11) is 1.40. The molecule has 0 bridgehead atoms. The molecule has 0 fully saturated rings. The standard InChI is InChI=1S/C22H19Cl2NO6/c1-11-7-18(27)21(22(29)31-11)14(12-3-6-19(30-2)17(26)8-12)10-20(28)25-13-4-5-15(23)16(24)9-13/h3-9,14,26-27H,10H2,1-2H3,(H,25,28)/t14-/m0/s1. The first kappa shape index (κ1) is 22.5. The van der Waals surface area contributed by atoms with E-state index in [1.165, 1.54) is 38.3 Å². The molecule has 2 aromatic carbocycles. The normalized spacial score (nSPS) is 11.7. The molecule has 9 heteroatoms. The molecule has 1 amide bonds. The number of nitrogens with one attached hydrogen (secondary N) is 1. The highest BCUT2D eigenvalue weighted by Crippen LogP contribution is 2.37. The van der Waals surface area contributed by atoms with E-state index in [2.05, 4.69) is 5.32 Å². The lowest BCUT2D eigenvalue weighted by Gasteiger charge is -2.19. The second kappa shape index (κ2) is 9.32. The van der Waals surface area contributed by atoms with Gasteiger partial charge in [0.05, 0.1) is 22.7 Å². The van der Waals surface area contributed by atoms with Gasteiger partial charge in [0.15, 0.2) is 11.5 Å². The molecule has 162 valence electrons. The predicted molar refractivity (Wildman–Crippen MR) is 118 cm³/mol. The van der Waals surface area contributed by atoms with Crippen LogP contribution in [0.15, 0.2) is 51.7 Å². The smallest absolute Gasteiger partial charge is 0.343 e. The number of hydrogen-bond acceptors (Lipinski definition) is 6. The van der Waals surface area contributed by atoms with E-state index in [1.54, 1.807) is 18.2 Å². The highest BCUT2D eigenvalue weighted by Gasteiger charge is 2.26. The molecule has 3 aromatic rings. The largest absolute Gasteiger partial charge is 0.507 e. The number of anilines is 1. The van der Waals surface area contributed by atoms with Crippen molar-refractivity contribution in [3.8, 4) is 17.2 Å². The Bertz CT molecular complexity index is 1190. The molecule has 0 unspecified atom stereocenters. The second-order valence-electron chi connectivity index (χ2n) is 6.81. The van der Waals surface area contributed by atoms with Crippen LogP contribution in [0.3, 0.4) is 0 Å². The van der Waals surface area contributed by atoms with Gasteiger partial charge in [-0.25, -0.2) is 4.79 Å². The SMILES string of the molecule is COc1ccc([C@H](CC(=O)Nc2ccc(Cl)c(Cl)c2)c2c(O)cc(C)oc2=O)cc1O. The Balaban J connectivity index is 2.00. The molecule has 1 heterocycles. The van der Waals surface area contributed by atoms with Crippen molar-refractivity contribution in [2.45, 2.75) is 19.3 Å². The molecule has 1 aromatic heterocycles. The van der Waals surface area contributed by atoms with E-state index in [0.29, 0.717) is 16.3 Å². The lowest BCUT2D eigenvalue weighted by Crippen LogP contribution is -2.21. The lowest BCUT2D eigenvalue weighted by atomic mass is 9.88. The van der Waals surface area contributed by atoms with Crippen LogP contribution in [0.2, 0.25) is 10.0 Å². The first-order valence-corrected chi connectivity index (χ1v) is 9.90. The van der Waals surface area contributed by atoms with Crippen LogP contribution in [-0.2, 0) is 4.79 Å². The molecule has 31 heavy (non-hydrogen) atoms. The number of aromatic hydroxyl groups is 2. The summed E-state index contributed by atoms with van der Waals surface area (Å²) in [5.74, 6) is -1.40. The fourth-order valence-electron chi connectivity index (χ4n) is 3.21. The summed E-state index contributed by atoms with van der Waals surface area (Å²) in [6.45, 7) is 1.52. The maximum absolute atomic E-state index is 12.8. The Morgan fingerprint density at radius 3 is 2.45 bits per heavy atom. The molecule has 0 saturated heterocycles. The van der Waals surface area contributed by atoms with Gasteiger partial charge in [0.1, 0.15) is 11.5 Å². The number of methoxy groups -OCH3 is 1. The minimum absolute atomic E-state index is 0.0977. The van der Waals surface area contributed by atoms with E-state index in [-0.39, 0.29) is 40.0 Å². The molecular weight excluding hydrogens is 445 g/mol. The van der Waals surface area contributed by atoms with Crippen LogP contribution in [0.25, 0.3) is 0 Å². The third-order valence-electron chi connectivity index (χ3n) is 4.64. The fraction of sp³-hybridized carbons (Fsp3) is 0.182. The molecule has 7 nitrogen and oxygen atoms in total. The summed E-state index contributed by atoms with van der Waals surface area (Å²) >= 11 is 11.9. The molecule has 0 spiro atoms. The molecule has 0 aliphatic carbocycles. The van der Waals surface area contributed by atoms with Gasteiger partial charge in [0, 0.05) is 24.1 Å². The maximum atomic E-state index is 12.8. The molecule has 0 saturated carbocycles. The van der Waals surface area contributed by atoms with Crippen molar-refractivity contribution in [3.63, 3.8) is 0 Å². The highest BCUT2D eigenvalue weighted by molar-refractivity contribution is 6.42. The van der Waals surface area contributed by atoms with Crippen molar-refractivity contribution in [3.05, 3.63) is 79.8 Å². The molecule has 1 atom stereocenters.